The number of urea groups is 1. The van der Waals surface area contributed by atoms with Gasteiger partial charge in [0.2, 0.25) is 0 Å². The molecule has 2 N–H and O–H groups in total. The number of nitrogens with zero attached hydrogens (tertiary/aromatic N) is 1. The molecule has 0 radical (unpaired) electrons. The van der Waals surface area contributed by atoms with Crippen molar-refractivity contribution in [1.29, 1.82) is 0 Å². The van der Waals surface area contributed by atoms with E-state index in [9.17, 15) is 9.59 Å². The molecule has 1 aliphatic rings. The first-order chi connectivity index (χ1) is 8.65. The summed E-state index contributed by atoms with van der Waals surface area (Å²) < 4.78 is 0. The number of hydrogen-bond acceptors (Lipinski definition) is 2. The monoisotopic (exact) mass is 256 g/mol. The van der Waals surface area contributed by atoms with E-state index in [0.29, 0.717) is 19.0 Å². The summed E-state index contributed by atoms with van der Waals surface area (Å²) >= 11 is 0. The van der Waals surface area contributed by atoms with Gasteiger partial charge in [0.15, 0.2) is 0 Å². The Morgan fingerprint density at radius 2 is 2.11 bits per heavy atom. The molecule has 0 aromatic heterocycles. The summed E-state index contributed by atoms with van der Waals surface area (Å²) in [5, 5.41) is 11.4. The van der Waals surface area contributed by atoms with E-state index in [1.807, 2.05) is 4.90 Å². The summed E-state index contributed by atoms with van der Waals surface area (Å²) in [5.74, 6) is -0.775. The van der Waals surface area contributed by atoms with Crippen molar-refractivity contribution in [1.82, 2.24) is 10.2 Å². The summed E-state index contributed by atoms with van der Waals surface area (Å²) in [5.41, 5.74) is 0. The second-order valence-electron chi connectivity index (χ2n) is 4.83. The lowest BCUT2D eigenvalue weighted by atomic mass is 10.0. The molecule has 5 heteroatoms. The average Bonchev–Trinajstić information content (AvgIpc) is 2.37. The Morgan fingerprint density at radius 1 is 1.33 bits per heavy atom. The zero-order chi connectivity index (χ0) is 13.4. The number of unbranched alkanes of at least 4 members (excludes halogenated alkanes) is 1. The second kappa shape index (κ2) is 7.95. The lowest BCUT2D eigenvalue weighted by Gasteiger charge is -2.35. The quantitative estimate of drug-likeness (QED) is 0.716. The van der Waals surface area contributed by atoms with E-state index in [1.54, 1.807) is 0 Å². The maximum Gasteiger partial charge on any atom is 0.317 e. The Labute approximate surface area is 109 Å². The second-order valence-corrected chi connectivity index (χ2v) is 4.83. The fourth-order valence-electron chi connectivity index (χ4n) is 2.39. The van der Waals surface area contributed by atoms with Gasteiger partial charge in [-0.05, 0) is 38.5 Å². The van der Waals surface area contributed by atoms with E-state index in [-0.39, 0.29) is 12.5 Å². The van der Waals surface area contributed by atoms with Crippen LogP contribution in [0.4, 0.5) is 4.79 Å². The summed E-state index contributed by atoms with van der Waals surface area (Å²) in [7, 11) is 0. The van der Waals surface area contributed by atoms with E-state index in [1.165, 1.54) is 6.42 Å². The van der Waals surface area contributed by atoms with Crippen LogP contribution in [0.25, 0.3) is 0 Å². The van der Waals surface area contributed by atoms with Crippen LogP contribution in [-0.4, -0.2) is 41.1 Å². The van der Waals surface area contributed by atoms with Crippen LogP contribution in [0.2, 0.25) is 0 Å². The number of nitrogens with one attached hydrogen (secondary N) is 1. The van der Waals surface area contributed by atoms with Crippen LogP contribution in [0.3, 0.4) is 0 Å². The Bertz CT molecular complexity index is 281. The highest BCUT2D eigenvalue weighted by atomic mass is 16.4. The Kier molecular flexibility index (Phi) is 6.54. The highest BCUT2D eigenvalue weighted by Gasteiger charge is 2.24. The summed E-state index contributed by atoms with van der Waals surface area (Å²) in [4.78, 5) is 24.2. The van der Waals surface area contributed by atoms with E-state index in [0.717, 1.165) is 32.2 Å². The molecule has 1 saturated heterocycles. The van der Waals surface area contributed by atoms with Crippen LogP contribution >= 0.6 is 0 Å². The Morgan fingerprint density at radius 3 is 2.78 bits per heavy atom. The minimum absolute atomic E-state index is 0.0110. The highest BCUT2D eigenvalue weighted by molar-refractivity contribution is 5.74. The van der Waals surface area contributed by atoms with Gasteiger partial charge in [0.05, 0.1) is 0 Å². The number of carboxylic acid groups (broad SMARTS) is 1. The number of carboxylic acids is 1. The number of amides is 2. The fraction of sp³-hybridized carbons (Fsp3) is 0.846. The molecule has 5 nitrogen and oxygen atoms in total. The lowest BCUT2D eigenvalue weighted by molar-refractivity contribution is -0.137. The molecular formula is C13H24N2O3. The highest BCUT2D eigenvalue weighted by Crippen LogP contribution is 2.19. The van der Waals surface area contributed by atoms with Gasteiger partial charge in [-0.25, -0.2) is 4.79 Å². The van der Waals surface area contributed by atoms with Crippen molar-refractivity contribution in [3.63, 3.8) is 0 Å². The molecule has 2 amide bonds. The zero-order valence-electron chi connectivity index (χ0n) is 11.2. The lowest BCUT2D eigenvalue weighted by Crippen LogP contribution is -2.48. The summed E-state index contributed by atoms with van der Waals surface area (Å²) in [6.07, 6.45) is 5.92. The molecule has 0 spiro atoms. The predicted octanol–water partition coefficient (Wildman–Crippen LogP) is 2.22. The molecule has 1 aliphatic heterocycles. The molecule has 104 valence electrons. The van der Waals surface area contributed by atoms with E-state index in [4.69, 9.17) is 5.11 Å². The van der Waals surface area contributed by atoms with Crippen molar-refractivity contribution >= 4 is 12.0 Å². The minimum Gasteiger partial charge on any atom is -0.481 e. The van der Waals surface area contributed by atoms with Crippen LogP contribution in [-0.2, 0) is 4.79 Å². The molecule has 1 fully saturated rings. The van der Waals surface area contributed by atoms with Gasteiger partial charge in [-0.1, -0.05) is 6.92 Å². The number of aliphatic carboxylic acids is 1. The van der Waals surface area contributed by atoms with Gasteiger partial charge in [-0.2, -0.15) is 0 Å². The predicted molar refractivity (Wildman–Crippen MR) is 69.5 cm³/mol. The molecule has 1 atom stereocenters. The molecule has 0 bridgehead atoms. The third-order valence-corrected chi connectivity index (χ3v) is 3.45. The number of piperidine rings is 1. The smallest absolute Gasteiger partial charge is 0.317 e. The van der Waals surface area contributed by atoms with Gasteiger partial charge in [0, 0.05) is 25.6 Å². The Hall–Kier alpha value is -1.26. The Balaban J connectivity index is 2.20. The maximum absolute atomic E-state index is 12.0. The zero-order valence-corrected chi connectivity index (χ0v) is 11.2. The SMILES string of the molecule is CCC1CCCCN1C(=O)NCCCCC(=O)O. The van der Waals surface area contributed by atoms with Crippen molar-refractivity contribution < 1.29 is 14.7 Å². The van der Waals surface area contributed by atoms with Crippen molar-refractivity contribution in [2.24, 2.45) is 0 Å². The third-order valence-electron chi connectivity index (χ3n) is 3.45. The molecule has 0 saturated carbocycles. The van der Waals surface area contributed by atoms with Crippen molar-refractivity contribution in [3.05, 3.63) is 0 Å². The molecular weight excluding hydrogens is 232 g/mol. The van der Waals surface area contributed by atoms with Gasteiger partial charge < -0.3 is 15.3 Å². The van der Waals surface area contributed by atoms with Gasteiger partial charge in [0.25, 0.3) is 0 Å². The third kappa shape index (κ3) is 4.94. The molecule has 0 aromatic carbocycles. The first-order valence-corrected chi connectivity index (χ1v) is 6.91. The van der Waals surface area contributed by atoms with Gasteiger partial charge in [-0.3, -0.25) is 4.79 Å². The topological polar surface area (TPSA) is 69.6 Å². The average molecular weight is 256 g/mol. The van der Waals surface area contributed by atoms with Gasteiger partial charge >= 0.3 is 12.0 Å². The van der Waals surface area contributed by atoms with Crippen LogP contribution in [0.5, 0.6) is 0 Å². The molecule has 1 heterocycles. The summed E-state index contributed by atoms with van der Waals surface area (Å²) in [6, 6.07) is 0.384. The maximum atomic E-state index is 12.0. The largest absolute Gasteiger partial charge is 0.481 e. The van der Waals surface area contributed by atoms with Crippen molar-refractivity contribution in [2.45, 2.75) is 57.9 Å². The standard InChI is InChI=1S/C13H24N2O3/c1-2-11-7-4-6-10-15(11)13(18)14-9-5-3-8-12(16)17/h11H,2-10H2,1H3,(H,14,18)(H,16,17). The van der Waals surface area contributed by atoms with E-state index in [2.05, 4.69) is 12.2 Å². The first kappa shape index (κ1) is 14.8. The van der Waals surface area contributed by atoms with Crippen molar-refractivity contribution in [3.8, 4) is 0 Å². The number of rotatable bonds is 6. The number of likely N-dealkylation sites (tertiary alicyclic amines) is 1. The van der Waals surface area contributed by atoms with Crippen LogP contribution < -0.4 is 5.32 Å². The van der Waals surface area contributed by atoms with Crippen LogP contribution in [0.15, 0.2) is 0 Å². The number of hydrogen-bond donors (Lipinski definition) is 2. The fourth-order valence-corrected chi connectivity index (χ4v) is 2.39. The van der Waals surface area contributed by atoms with Crippen LogP contribution in [0.1, 0.15) is 51.9 Å². The van der Waals surface area contributed by atoms with E-state index < -0.39 is 5.97 Å². The van der Waals surface area contributed by atoms with E-state index >= 15 is 0 Å². The normalized spacial score (nSPS) is 19.6. The minimum atomic E-state index is -0.775. The molecule has 0 aliphatic carbocycles. The molecule has 1 rings (SSSR count). The van der Waals surface area contributed by atoms with Gasteiger partial charge in [0.1, 0.15) is 0 Å². The summed E-state index contributed by atoms with van der Waals surface area (Å²) in [6.45, 7) is 3.53. The first-order valence-electron chi connectivity index (χ1n) is 6.91. The van der Waals surface area contributed by atoms with Gasteiger partial charge in [-0.15, -0.1) is 0 Å². The molecule has 1 unspecified atom stereocenters. The molecule has 0 aromatic rings. The van der Waals surface area contributed by atoms with Crippen LogP contribution in [0, 0.1) is 0 Å². The molecule has 18 heavy (non-hydrogen) atoms. The van der Waals surface area contributed by atoms with Crippen molar-refractivity contribution in [2.75, 3.05) is 13.1 Å². The number of carbonyl (C=O) groups excluding carboxylic acids is 1. The number of carbonyl (C=O) groups is 2.